The van der Waals surface area contributed by atoms with Crippen molar-refractivity contribution in [2.45, 2.75) is 71.3 Å². The van der Waals surface area contributed by atoms with Crippen LogP contribution < -0.4 is 0 Å². The molecule has 1 heterocycles. The third-order valence-electron chi connectivity index (χ3n) is 6.34. The maximum absolute atomic E-state index is 5.81. The SMILES string of the molecule is CCC1COCc2cc3c(cc21)C(C)(C)C(C)C3(C)C. The van der Waals surface area contributed by atoms with E-state index >= 15 is 0 Å². The average Bonchev–Trinajstić information content (AvgIpc) is 2.55. The van der Waals surface area contributed by atoms with Crippen LogP contribution in [-0.4, -0.2) is 6.61 Å². The molecule has 0 spiro atoms. The summed E-state index contributed by atoms with van der Waals surface area (Å²) in [5.74, 6) is 1.24. The maximum Gasteiger partial charge on any atom is 0.0720 e. The standard InChI is InChI=1S/C19H28O/c1-7-13-10-20-11-14-8-16-17(9-15(13)14)19(5,6)12(2)18(16,3)4/h8-9,12-13H,7,10-11H2,1-6H3. The van der Waals surface area contributed by atoms with E-state index in [2.05, 4.69) is 53.7 Å². The van der Waals surface area contributed by atoms with Gasteiger partial charge in [-0.3, -0.25) is 0 Å². The van der Waals surface area contributed by atoms with Crippen LogP contribution in [0.4, 0.5) is 0 Å². The average molecular weight is 272 g/mol. The van der Waals surface area contributed by atoms with Crippen molar-refractivity contribution in [3.63, 3.8) is 0 Å². The highest BCUT2D eigenvalue weighted by Gasteiger charge is 2.49. The topological polar surface area (TPSA) is 9.23 Å². The zero-order valence-corrected chi connectivity index (χ0v) is 13.8. The highest BCUT2D eigenvalue weighted by Crippen LogP contribution is 2.54. The van der Waals surface area contributed by atoms with E-state index in [-0.39, 0.29) is 10.8 Å². The lowest BCUT2D eigenvalue weighted by molar-refractivity contribution is 0.0898. The van der Waals surface area contributed by atoms with E-state index in [9.17, 15) is 0 Å². The van der Waals surface area contributed by atoms with Crippen molar-refractivity contribution in [2.24, 2.45) is 5.92 Å². The Balaban J connectivity index is 2.22. The van der Waals surface area contributed by atoms with Crippen LogP contribution in [0.2, 0.25) is 0 Å². The van der Waals surface area contributed by atoms with Crippen molar-refractivity contribution in [1.29, 1.82) is 0 Å². The summed E-state index contributed by atoms with van der Waals surface area (Å²) in [5.41, 5.74) is 6.64. The summed E-state index contributed by atoms with van der Waals surface area (Å²) in [6, 6.07) is 4.98. The molecule has 2 aliphatic rings. The van der Waals surface area contributed by atoms with Gasteiger partial charge in [0, 0.05) is 5.92 Å². The van der Waals surface area contributed by atoms with Gasteiger partial charge in [0.15, 0.2) is 0 Å². The quantitative estimate of drug-likeness (QED) is 0.705. The third kappa shape index (κ3) is 1.72. The number of hydrogen-bond donors (Lipinski definition) is 0. The molecule has 0 amide bonds. The first kappa shape index (κ1) is 14.1. The minimum absolute atomic E-state index is 0.257. The van der Waals surface area contributed by atoms with Crippen molar-refractivity contribution in [1.82, 2.24) is 0 Å². The molecule has 2 atom stereocenters. The van der Waals surface area contributed by atoms with Gasteiger partial charge >= 0.3 is 0 Å². The Morgan fingerprint density at radius 3 is 2.30 bits per heavy atom. The van der Waals surface area contributed by atoms with E-state index in [0.29, 0.717) is 11.8 Å². The van der Waals surface area contributed by atoms with Gasteiger partial charge in [-0.1, -0.05) is 53.7 Å². The number of benzene rings is 1. The lowest BCUT2D eigenvalue weighted by Crippen LogP contribution is -2.30. The molecule has 0 fully saturated rings. The van der Waals surface area contributed by atoms with Crippen LogP contribution in [0.1, 0.15) is 76.1 Å². The van der Waals surface area contributed by atoms with Crippen LogP contribution in [0.5, 0.6) is 0 Å². The molecule has 0 radical (unpaired) electrons. The summed E-state index contributed by atoms with van der Waals surface area (Å²) in [6.45, 7) is 16.0. The zero-order chi connectivity index (χ0) is 14.7. The smallest absolute Gasteiger partial charge is 0.0720 e. The highest BCUT2D eigenvalue weighted by molar-refractivity contribution is 5.51. The lowest BCUT2D eigenvalue weighted by atomic mass is 9.71. The Morgan fingerprint density at radius 1 is 1.10 bits per heavy atom. The molecule has 110 valence electrons. The van der Waals surface area contributed by atoms with Crippen LogP contribution in [0.25, 0.3) is 0 Å². The Hall–Kier alpha value is -0.820. The molecule has 1 nitrogen and oxygen atoms in total. The third-order valence-corrected chi connectivity index (χ3v) is 6.34. The predicted octanol–water partition coefficient (Wildman–Crippen LogP) is 4.92. The number of fused-ring (bicyclic) bond motifs is 2. The van der Waals surface area contributed by atoms with Crippen molar-refractivity contribution < 1.29 is 4.74 Å². The fourth-order valence-corrected chi connectivity index (χ4v) is 4.34. The molecule has 0 bridgehead atoms. The largest absolute Gasteiger partial charge is 0.376 e. The van der Waals surface area contributed by atoms with Gasteiger partial charge in [-0.15, -0.1) is 0 Å². The Kier molecular flexibility index (Phi) is 3.06. The second kappa shape index (κ2) is 4.34. The van der Waals surface area contributed by atoms with Crippen molar-refractivity contribution in [3.8, 4) is 0 Å². The maximum atomic E-state index is 5.81. The molecule has 0 saturated carbocycles. The number of rotatable bonds is 1. The number of hydrogen-bond acceptors (Lipinski definition) is 1. The first-order valence-electron chi connectivity index (χ1n) is 8.05. The van der Waals surface area contributed by atoms with Crippen LogP contribution in [-0.2, 0) is 22.2 Å². The summed E-state index contributed by atoms with van der Waals surface area (Å²) in [5, 5.41) is 0. The normalized spacial score (nSPS) is 29.9. The second-order valence-corrected chi connectivity index (χ2v) is 7.88. The minimum Gasteiger partial charge on any atom is -0.376 e. The van der Waals surface area contributed by atoms with Crippen molar-refractivity contribution in [2.75, 3.05) is 6.61 Å². The van der Waals surface area contributed by atoms with Crippen molar-refractivity contribution in [3.05, 3.63) is 34.4 Å². The molecule has 1 aliphatic heterocycles. The van der Waals surface area contributed by atoms with Crippen molar-refractivity contribution >= 4 is 0 Å². The highest BCUT2D eigenvalue weighted by atomic mass is 16.5. The van der Waals surface area contributed by atoms with E-state index in [0.717, 1.165) is 13.2 Å². The molecule has 1 aliphatic carbocycles. The first-order chi connectivity index (χ1) is 9.30. The van der Waals surface area contributed by atoms with Gasteiger partial charge in [-0.05, 0) is 45.4 Å². The Morgan fingerprint density at radius 2 is 1.70 bits per heavy atom. The fourth-order valence-electron chi connectivity index (χ4n) is 4.34. The predicted molar refractivity (Wildman–Crippen MR) is 84.3 cm³/mol. The molecular weight excluding hydrogens is 244 g/mol. The Labute approximate surface area is 123 Å². The lowest BCUT2D eigenvalue weighted by Gasteiger charge is -2.32. The van der Waals surface area contributed by atoms with Crippen LogP contribution in [0.15, 0.2) is 12.1 Å². The van der Waals surface area contributed by atoms with Gasteiger partial charge in [-0.25, -0.2) is 0 Å². The van der Waals surface area contributed by atoms with E-state index < -0.39 is 0 Å². The van der Waals surface area contributed by atoms with E-state index in [1.807, 2.05) is 0 Å². The summed E-state index contributed by atoms with van der Waals surface area (Å²) in [7, 11) is 0. The minimum atomic E-state index is 0.257. The molecule has 1 aromatic rings. The van der Waals surface area contributed by atoms with Gasteiger partial charge in [0.25, 0.3) is 0 Å². The molecular formula is C19H28O. The molecule has 2 unspecified atom stereocenters. The summed E-state index contributed by atoms with van der Waals surface area (Å²) in [6.07, 6.45) is 1.17. The Bertz CT molecular complexity index is 539. The molecule has 0 aromatic heterocycles. The molecule has 0 saturated heterocycles. The second-order valence-electron chi connectivity index (χ2n) is 7.88. The summed E-state index contributed by atoms with van der Waals surface area (Å²) >= 11 is 0. The van der Waals surface area contributed by atoms with Crippen LogP contribution in [0, 0.1) is 5.92 Å². The summed E-state index contributed by atoms with van der Waals surface area (Å²) in [4.78, 5) is 0. The monoisotopic (exact) mass is 272 g/mol. The zero-order valence-electron chi connectivity index (χ0n) is 13.8. The molecule has 1 aromatic carbocycles. The van der Waals surface area contributed by atoms with E-state index in [1.165, 1.54) is 12.0 Å². The molecule has 1 heteroatoms. The van der Waals surface area contributed by atoms with Gasteiger partial charge in [0.05, 0.1) is 13.2 Å². The van der Waals surface area contributed by atoms with Gasteiger partial charge in [-0.2, -0.15) is 0 Å². The molecule has 20 heavy (non-hydrogen) atoms. The first-order valence-corrected chi connectivity index (χ1v) is 8.05. The van der Waals surface area contributed by atoms with E-state index in [1.54, 1.807) is 16.7 Å². The summed E-state index contributed by atoms with van der Waals surface area (Å²) < 4.78 is 5.81. The van der Waals surface area contributed by atoms with Crippen LogP contribution in [0.3, 0.4) is 0 Å². The van der Waals surface area contributed by atoms with Crippen LogP contribution >= 0.6 is 0 Å². The van der Waals surface area contributed by atoms with E-state index in [4.69, 9.17) is 4.74 Å². The van der Waals surface area contributed by atoms with Gasteiger partial charge < -0.3 is 4.74 Å². The molecule has 3 rings (SSSR count). The fraction of sp³-hybridized carbons (Fsp3) is 0.684. The van der Waals surface area contributed by atoms with Gasteiger partial charge in [0.1, 0.15) is 0 Å². The number of ether oxygens (including phenoxy) is 1. The van der Waals surface area contributed by atoms with Gasteiger partial charge in [0.2, 0.25) is 0 Å². The molecule has 0 N–H and O–H groups in total.